The molecule has 0 radical (unpaired) electrons. The summed E-state index contributed by atoms with van der Waals surface area (Å²) in [6.07, 6.45) is 1.74. The van der Waals surface area contributed by atoms with Crippen LogP contribution in [0.5, 0.6) is 5.75 Å². The Morgan fingerprint density at radius 1 is 1.44 bits per heavy atom. The molecule has 0 aliphatic carbocycles. The summed E-state index contributed by atoms with van der Waals surface area (Å²) in [7, 11) is 3.11. The molecule has 1 aromatic carbocycles. The number of allylic oxidation sites excluding steroid dienone is 1. The largest absolute Gasteiger partial charge is 0.495 e. The lowest BCUT2D eigenvalue weighted by atomic mass is 10.3. The quantitative estimate of drug-likeness (QED) is 0.530. The van der Waals surface area contributed by atoms with Crippen molar-refractivity contribution in [3.05, 3.63) is 41.7 Å². The second-order valence-corrected chi connectivity index (χ2v) is 6.27. The molecular weight excluding hydrogens is 364 g/mol. The Hall–Kier alpha value is -2.03. The van der Waals surface area contributed by atoms with E-state index in [4.69, 9.17) is 21.1 Å². The molecule has 134 valence electrons. The standard InChI is InChI=1S/C16H19ClN4O3S/c1-4-7-21-14(9-23-2)19-20-16(21)25-10-15(22)18-11-5-6-12(17)13(8-11)24-3/h4-6,8H,1,7,9-10H2,2-3H3,(H,18,22). The van der Waals surface area contributed by atoms with Crippen molar-refractivity contribution >= 4 is 35.0 Å². The highest BCUT2D eigenvalue weighted by molar-refractivity contribution is 7.99. The number of rotatable bonds is 9. The van der Waals surface area contributed by atoms with Crippen molar-refractivity contribution in [2.24, 2.45) is 0 Å². The van der Waals surface area contributed by atoms with Crippen LogP contribution in [0.15, 0.2) is 36.0 Å². The van der Waals surface area contributed by atoms with Gasteiger partial charge in [-0.3, -0.25) is 4.79 Å². The first-order valence-corrected chi connectivity index (χ1v) is 8.73. The summed E-state index contributed by atoms with van der Waals surface area (Å²) in [4.78, 5) is 12.2. The van der Waals surface area contributed by atoms with Gasteiger partial charge < -0.3 is 19.4 Å². The number of carbonyl (C=O) groups is 1. The minimum Gasteiger partial charge on any atom is -0.495 e. The summed E-state index contributed by atoms with van der Waals surface area (Å²) in [5.74, 6) is 1.21. The van der Waals surface area contributed by atoms with E-state index in [0.29, 0.717) is 40.6 Å². The van der Waals surface area contributed by atoms with Crippen LogP contribution in [-0.2, 0) is 22.7 Å². The Morgan fingerprint density at radius 3 is 2.92 bits per heavy atom. The second kappa shape index (κ2) is 9.45. The third kappa shape index (κ3) is 5.22. The maximum absolute atomic E-state index is 12.2. The van der Waals surface area contributed by atoms with Gasteiger partial charge in [0.25, 0.3) is 0 Å². The number of halogens is 1. The Labute approximate surface area is 155 Å². The zero-order valence-electron chi connectivity index (χ0n) is 14.0. The smallest absolute Gasteiger partial charge is 0.234 e. The number of benzene rings is 1. The van der Waals surface area contributed by atoms with Gasteiger partial charge in [-0.1, -0.05) is 29.4 Å². The van der Waals surface area contributed by atoms with Crippen LogP contribution in [0.2, 0.25) is 5.02 Å². The lowest BCUT2D eigenvalue weighted by molar-refractivity contribution is -0.113. The molecule has 0 atom stereocenters. The lowest BCUT2D eigenvalue weighted by Crippen LogP contribution is -2.15. The predicted molar refractivity (Wildman–Crippen MR) is 98.3 cm³/mol. The van der Waals surface area contributed by atoms with E-state index in [2.05, 4.69) is 22.1 Å². The van der Waals surface area contributed by atoms with Gasteiger partial charge in [0.1, 0.15) is 12.4 Å². The number of amides is 1. The van der Waals surface area contributed by atoms with E-state index in [1.54, 1.807) is 31.4 Å². The summed E-state index contributed by atoms with van der Waals surface area (Å²) >= 11 is 7.26. The number of hydrogen-bond acceptors (Lipinski definition) is 6. The fourth-order valence-electron chi connectivity index (χ4n) is 2.04. The van der Waals surface area contributed by atoms with Crippen molar-refractivity contribution in [3.63, 3.8) is 0 Å². The third-order valence-electron chi connectivity index (χ3n) is 3.15. The van der Waals surface area contributed by atoms with Crippen LogP contribution >= 0.6 is 23.4 Å². The van der Waals surface area contributed by atoms with Crippen LogP contribution in [-0.4, -0.2) is 40.6 Å². The van der Waals surface area contributed by atoms with Crippen LogP contribution in [0.1, 0.15) is 5.82 Å². The molecule has 25 heavy (non-hydrogen) atoms. The van der Waals surface area contributed by atoms with Crippen LogP contribution in [0.25, 0.3) is 0 Å². The zero-order chi connectivity index (χ0) is 18.2. The number of nitrogens with one attached hydrogen (secondary N) is 1. The van der Waals surface area contributed by atoms with E-state index in [9.17, 15) is 4.79 Å². The molecule has 1 heterocycles. The van der Waals surface area contributed by atoms with Gasteiger partial charge in [-0.15, -0.1) is 16.8 Å². The summed E-state index contributed by atoms with van der Waals surface area (Å²) in [5, 5.41) is 12.1. The van der Waals surface area contributed by atoms with Crippen LogP contribution in [0.3, 0.4) is 0 Å². The highest BCUT2D eigenvalue weighted by atomic mass is 35.5. The van der Waals surface area contributed by atoms with Crippen molar-refractivity contribution in [3.8, 4) is 5.75 Å². The number of thioether (sulfide) groups is 1. The fourth-order valence-corrected chi connectivity index (χ4v) is 3.00. The zero-order valence-corrected chi connectivity index (χ0v) is 15.6. The SMILES string of the molecule is C=CCn1c(COC)nnc1SCC(=O)Nc1ccc(Cl)c(OC)c1. The highest BCUT2D eigenvalue weighted by Crippen LogP contribution is 2.27. The molecule has 0 saturated carbocycles. The maximum Gasteiger partial charge on any atom is 0.234 e. The lowest BCUT2D eigenvalue weighted by Gasteiger charge is -2.09. The molecule has 0 saturated heterocycles. The third-order valence-corrected chi connectivity index (χ3v) is 4.42. The first-order chi connectivity index (χ1) is 12.1. The van der Waals surface area contributed by atoms with Crippen molar-refractivity contribution in [2.75, 3.05) is 25.3 Å². The summed E-state index contributed by atoms with van der Waals surface area (Å²) in [6, 6.07) is 5.05. The van der Waals surface area contributed by atoms with Gasteiger partial charge in [0.15, 0.2) is 11.0 Å². The van der Waals surface area contributed by atoms with Gasteiger partial charge in [-0.2, -0.15) is 0 Å². The molecule has 0 aliphatic heterocycles. The second-order valence-electron chi connectivity index (χ2n) is 4.92. The molecule has 0 bridgehead atoms. The van der Waals surface area contributed by atoms with Crippen LogP contribution in [0, 0.1) is 0 Å². The Morgan fingerprint density at radius 2 is 2.24 bits per heavy atom. The molecule has 2 aromatic rings. The number of hydrogen-bond donors (Lipinski definition) is 1. The minimum absolute atomic E-state index is 0.171. The average molecular weight is 383 g/mol. The molecular formula is C16H19ClN4O3S. The molecule has 0 fully saturated rings. The molecule has 1 N–H and O–H groups in total. The van der Waals surface area contributed by atoms with Crippen LogP contribution < -0.4 is 10.1 Å². The minimum atomic E-state index is -0.171. The van der Waals surface area contributed by atoms with Crippen molar-refractivity contribution in [1.82, 2.24) is 14.8 Å². The van der Waals surface area contributed by atoms with Crippen molar-refractivity contribution in [1.29, 1.82) is 0 Å². The van der Waals surface area contributed by atoms with E-state index in [-0.39, 0.29) is 11.7 Å². The Balaban J connectivity index is 1.99. The normalized spacial score (nSPS) is 10.5. The van der Waals surface area contributed by atoms with E-state index in [1.807, 2.05) is 4.57 Å². The molecule has 0 unspecified atom stereocenters. The molecule has 0 aliphatic rings. The Kier molecular flexibility index (Phi) is 7.30. The van der Waals surface area contributed by atoms with Gasteiger partial charge in [0, 0.05) is 25.4 Å². The predicted octanol–water partition coefficient (Wildman–Crippen LogP) is 3.00. The van der Waals surface area contributed by atoms with E-state index in [1.165, 1.54) is 18.9 Å². The van der Waals surface area contributed by atoms with Crippen molar-refractivity contribution in [2.45, 2.75) is 18.3 Å². The van der Waals surface area contributed by atoms with Crippen molar-refractivity contribution < 1.29 is 14.3 Å². The van der Waals surface area contributed by atoms with Crippen LogP contribution in [0.4, 0.5) is 5.69 Å². The fraction of sp³-hybridized carbons (Fsp3) is 0.312. The number of ether oxygens (including phenoxy) is 2. The monoisotopic (exact) mass is 382 g/mol. The highest BCUT2D eigenvalue weighted by Gasteiger charge is 2.13. The molecule has 2 rings (SSSR count). The topological polar surface area (TPSA) is 78.3 Å². The van der Waals surface area contributed by atoms with E-state index < -0.39 is 0 Å². The summed E-state index contributed by atoms with van der Waals surface area (Å²) in [6.45, 7) is 4.62. The summed E-state index contributed by atoms with van der Waals surface area (Å²) in [5.41, 5.74) is 0.611. The van der Waals surface area contributed by atoms with Gasteiger partial charge in [-0.05, 0) is 12.1 Å². The molecule has 9 heteroatoms. The molecule has 1 amide bonds. The number of aromatic nitrogens is 3. The van der Waals surface area contributed by atoms with Gasteiger partial charge in [-0.25, -0.2) is 0 Å². The van der Waals surface area contributed by atoms with Gasteiger partial charge in [0.2, 0.25) is 5.91 Å². The van der Waals surface area contributed by atoms with E-state index in [0.717, 1.165) is 0 Å². The Bertz CT molecular complexity index is 751. The van der Waals surface area contributed by atoms with Gasteiger partial charge >= 0.3 is 0 Å². The number of methoxy groups -OCH3 is 2. The molecule has 7 nitrogen and oxygen atoms in total. The number of anilines is 1. The summed E-state index contributed by atoms with van der Waals surface area (Å²) < 4.78 is 12.1. The average Bonchev–Trinajstić information content (AvgIpc) is 2.97. The first-order valence-electron chi connectivity index (χ1n) is 7.37. The van der Waals surface area contributed by atoms with E-state index >= 15 is 0 Å². The number of nitrogens with zero attached hydrogens (tertiary/aromatic N) is 3. The molecule has 1 aromatic heterocycles. The maximum atomic E-state index is 12.2. The number of carbonyl (C=O) groups excluding carboxylic acids is 1. The van der Waals surface area contributed by atoms with Gasteiger partial charge in [0.05, 0.1) is 17.9 Å². The molecule has 0 spiro atoms. The first kappa shape index (κ1) is 19.3.